The molecule has 0 saturated heterocycles. The van der Waals surface area contributed by atoms with Gasteiger partial charge in [0.25, 0.3) is 11.8 Å². The van der Waals surface area contributed by atoms with Gasteiger partial charge in [0.05, 0.1) is 26.1 Å². The fourth-order valence-corrected chi connectivity index (χ4v) is 2.74. The minimum absolute atomic E-state index is 0.148. The van der Waals surface area contributed by atoms with E-state index in [4.69, 9.17) is 25.8 Å². The summed E-state index contributed by atoms with van der Waals surface area (Å²) in [5, 5.41) is 11.9. The second-order valence-electron chi connectivity index (χ2n) is 6.13. The highest BCUT2D eigenvalue weighted by molar-refractivity contribution is 6.28. The van der Waals surface area contributed by atoms with E-state index in [2.05, 4.69) is 15.3 Å². The molecule has 162 valence electrons. The number of carbonyl (C=O) groups is 1. The molecule has 0 aliphatic heterocycles. The Morgan fingerprint density at radius 3 is 2.62 bits per heavy atom. The van der Waals surface area contributed by atoms with Crippen LogP contribution in [0.5, 0.6) is 23.1 Å². The lowest BCUT2D eigenvalue weighted by Crippen LogP contribution is -2.14. The number of carbonyl (C=O) groups excluding carboxylic acids is 1. The van der Waals surface area contributed by atoms with Crippen LogP contribution >= 0.6 is 11.6 Å². The van der Waals surface area contributed by atoms with Crippen LogP contribution in [0.3, 0.4) is 0 Å². The molecule has 0 bridgehead atoms. The van der Waals surface area contributed by atoms with Crippen molar-refractivity contribution in [3.8, 4) is 29.2 Å². The average Bonchev–Trinajstić information content (AvgIpc) is 2.80. The second kappa shape index (κ2) is 10.2. The highest BCUT2D eigenvalue weighted by atomic mass is 35.5. The molecule has 32 heavy (non-hydrogen) atoms. The van der Waals surface area contributed by atoms with E-state index in [1.54, 1.807) is 30.3 Å². The molecule has 1 N–H and O–H groups in total. The SMILES string of the molecule is COc1ccccc1NC(=O)/C(C#N)=C/c1ccc(Oc2nc(Cl)ncc2F)c(OC)c1. The number of anilines is 1. The number of ether oxygens (including phenoxy) is 3. The Hall–Kier alpha value is -4.16. The summed E-state index contributed by atoms with van der Waals surface area (Å²) in [7, 11) is 2.86. The first-order valence-corrected chi connectivity index (χ1v) is 9.43. The summed E-state index contributed by atoms with van der Waals surface area (Å²) >= 11 is 5.68. The molecule has 8 nitrogen and oxygen atoms in total. The Bertz CT molecular complexity index is 1230. The first-order valence-electron chi connectivity index (χ1n) is 9.05. The minimum Gasteiger partial charge on any atom is -0.495 e. The molecule has 1 heterocycles. The van der Waals surface area contributed by atoms with Crippen molar-refractivity contribution < 1.29 is 23.4 Å². The van der Waals surface area contributed by atoms with Gasteiger partial charge in [0, 0.05) is 0 Å². The number of benzene rings is 2. The number of para-hydroxylation sites is 2. The molecule has 0 spiro atoms. The number of aromatic nitrogens is 2. The number of nitrogens with one attached hydrogen (secondary N) is 1. The van der Waals surface area contributed by atoms with Crippen molar-refractivity contribution in [1.29, 1.82) is 5.26 Å². The van der Waals surface area contributed by atoms with Crippen LogP contribution in [0.25, 0.3) is 6.08 Å². The highest BCUT2D eigenvalue weighted by Crippen LogP contribution is 2.33. The normalized spacial score (nSPS) is 10.8. The van der Waals surface area contributed by atoms with Gasteiger partial charge in [0.15, 0.2) is 11.5 Å². The fraction of sp³-hybridized carbons (Fsp3) is 0.0909. The lowest BCUT2D eigenvalue weighted by atomic mass is 10.1. The molecule has 3 aromatic rings. The van der Waals surface area contributed by atoms with Crippen molar-refractivity contribution in [3.05, 3.63) is 70.9 Å². The number of nitrogens with zero attached hydrogens (tertiary/aromatic N) is 3. The van der Waals surface area contributed by atoms with Crippen molar-refractivity contribution in [2.45, 2.75) is 0 Å². The smallest absolute Gasteiger partial charge is 0.266 e. The predicted molar refractivity (Wildman–Crippen MR) is 115 cm³/mol. The Balaban J connectivity index is 1.85. The van der Waals surface area contributed by atoms with E-state index in [0.717, 1.165) is 6.20 Å². The lowest BCUT2D eigenvalue weighted by Gasteiger charge is -2.11. The van der Waals surface area contributed by atoms with Gasteiger partial charge in [-0.15, -0.1) is 0 Å². The van der Waals surface area contributed by atoms with Crippen LogP contribution in [-0.4, -0.2) is 30.1 Å². The summed E-state index contributed by atoms with van der Waals surface area (Å²) in [5.41, 5.74) is 0.746. The summed E-state index contributed by atoms with van der Waals surface area (Å²) in [6, 6.07) is 13.2. The number of halogens is 2. The molecule has 10 heteroatoms. The molecule has 1 aromatic heterocycles. The standard InChI is InChI=1S/C22H16ClFN4O4/c1-30-17-6-4-3-5-16(17)27-20(29)14(11-25)9-13-7-8-18(19(10-13)31-2)32-21-15(24)12-26-22(23)28-21/h3-10,12H,1-2H3,(H,27,29)/b14-9+. The number of nitriles is 1. The molecule has 0 radical (unpaired) electrons. The van der Waals surface area contributed by atoms with Crippen molar-refractivity contribution in [2.75, 3.05) is 19.5 Å². The zero-order valence-corrected chi connectivity index (χ0v) is 17.7. The maximum atomic E-state index is 13.9. The van der Waals surface area contributed by atoms with Gasteiger partial charge in [0.1, 0.15) is 17.4 Å². The fourth-order valence-electron chi connectivity index (χ4n) is 2.62. The number of methoxy groups -OCH3 is 2. The third kappa shape index (κ3) is 5.30. The molecule has 0 aliphatic carbocycles. The van der Waals surface area contributed by atoms with Crippen LogP contribution in [0.1, 0.15) is 5.56 Å². The van der Waals surface area contributed by atoms with E-state index >= 15 is 0 Å². The summed E-state index contributed by atoms with van der Waals surface area (Å²) in [4.78, 5) is 19.8. The van der Waals surface area contributed by atoms with Crippen LogP contribution in [0.4, 0.5) is 10.1 Å². The second-order valence-corrected chi connectivity index (χ2v) is 6.47. The summed E-state index contributed by atoms with van der Waals surface area (Å²) in [5.74, 6) is -0.973. The van der Waals surface area contributed by atoms with E-state index in [1.165, 1.54) is 32.4 Å². The van der Waals surface area contributed by atoms with Gasteiger partial charge in [-0.3, -0.25) is 4.79 Å². The van der Waals surface area contributed by atoms with E-state index in [-0.39, 0.29) is 28.2 Å². The van der Waals surface area contributed by atoms with Gasteiger partial charge in [-0.25, -0.2) is 4.98 Å². The van der Waals surface area contributed by atoms with Crippen molar-refractivity contribution >= 4 is 29.3 Å². The van der Waals surface area contributed by atoms with Gasteiger partial charge in [0.2, 0.25) is 11.1 Å². The molecule has 0 unspecified atom stereocenters. The van der Waals surface area contributed by atoms with Crippen LogP contribution in [-0.2, 0) is 4.79 Å². The monoisotopic (exact) mass is 454 g/mol. The number of hydrogen-bond acceptors (Lipinski definition) is 7. The molecule has 0 aliphatic rings. The van der Waals surface area contributed by atoms with E-state index < -0.39 is 11.7 Å². The molecular formula is C22H16ClFN4O4. The van der Waals surface area contributed by atoms with Gasteiger partial charge < -0.3 is 19.5 Å². The van der Waals surface area contributed by atoms with E-state index in [1.807, 2.05) is 6.07 Å². The highest BCUT2D eigenvalue weighted by Gasteiger charge is 2.15. The quantitative estimate of drug-likeness (QED) is 0.315. The maximum Gasteiger partial charge on any atom is 0.266 e. The van der Waals surface area contributed by atoms with Crippen LogP contribution in [0.2, 0.25) is 5.28 Å². The average molecular weight is 455 g/mol. The topological polar surface area (TPSA) is 106 Å². The zero-order valence-electron chi connectivity index (χ0n) is 16.9. The maximum absolute atomic E-state index is 13.9. The Morgan fingerprint density at radius 1 is 1.16 bits per heavy atom. The van der Waals surface area contributed by atoms with Gasteiger partial charge in [-0.1, -0.05) is 18.2 Å². The molecule has 0 fully saturated rings. The first kappa shape index (κ1) is 22.5. The van der Waals surface area contributed by atoms with Gasteiger partial charge in [-0.05, 0) is 47.5 Å². The number of amides is 1. The summed E-state index contributed by atoms with van der Waals surface area (Å²) < 4.78 is 29.8. The van der Waals surface area contributed by atoms with Gasteiger partial charge >= 0.3 is 0 Å². The summed E-state index contributed by atoms with van der Waals surface area (Å²) in [6.45, 7) is 0. The molecular weight excluding hydrogens is 439 g/mol. The van der Waals surface area contributed by atoms with Gasteiger partial charge in [-0.2, -0.15) is 14.6 Å². The predicted octanol–water partition coefficient (Wildman–Crippen LogP) is 4.62. The molecule has 0 atom stereocenters. The molecule has 2 aromatic carbocycles. The Labute approximate surface area is 187 Å². The van der Waals surface area contributed by atoms with Crippen molar-refractivity contribution in [2.24, 2.45) is 0 Å². The van der Waals surface area contributed by atoms with Crippen molar-refractivity contribution in [1.82, 2.24) is 9.97 Å². The minimum atomic E-state index is -0.805. The molecule has 3 rings (SSSR count). The summed E-state index contributed by atoms with van der Waals surface area (Å²) in [6.07, 6.45) is 2.26. The third-order valence-electron chi connectivity index (χ3n) is 4.11. The zero-order chi connectivity index (χ0) is 23.1. The largest absolute Gasteiger partial charge is 0.495 e. The lowest BCUT2D eigenvalue weighted by molar-refractivity contribution is -0.112. The van der Waals surface area contributed by atoms with Crippen molar-refractivity contribution in [3.63, 3.8) is 0 Å². The van der Waals surface area contributed by atoms with Crippen LogP contribution < -0.4 is 19.5 Å². The Kier molecular flexibility index (Phi) is 7.21. The Morgan fingerprint density at radius 2 is 1.91 bits per heavy atom. The molecule has 1 amide bonds. The van der Waals surface area contributed by atoms with E-state index in [0.29, 0.717) is 17.0 Å². The first-order chi connectivity index (χ1) is 15.4. The van der Waals surface area contributed by atoms with Crippen LogP contribution in [0, 0.1) is 17.1 Å². The number of hydrogen-bond donors (Lipinski definition) is 1. The third-order valence-corrected chi connectivity index (χ3v) is 4.29. The van der Waals surface area contributed by atoms with Crippen LogP contribution in [0.15, 0.2) is 54.2 Å². The van der Waals surface area contributed by atoms with E-state index in [9.17, 15) is 14.4 Å². The molecule has 0 saturated carbocycles. The number of rotatable bonds is 7.